The van der Waals surface area contributed by atoms with Crippen molar-refractivity contribution in [3.63, 3.8) is 0 Å². The number of rotatable bonds is 3. The first-order chi connectivity index (χ1) is 11.9. The second-order valence-corrected chi connectivity index (χ2v) is 9.47. The molecule has 2 fully saturated rings. The van der Waals surface area contributed by atoms with E-state index >= 15 is 4.39 Å². The molecule has 26 heavy (non-hydrogen) atoms. The molecule has 3 rings (SSSR count). The Bertz CT molecular complexity index is 833. The Hall–Kier alpha value is -1.64. The molecule has 1 unspecified atom stereocenters. The van der Waals surface area contributed by atoms with Crippen LogP contribution in [-0.2, 0) is 26.5 Å². The minimum Gasteiger partial charge on any atom is -0.338 e. The van der Waals surface area contributed by atoms with Gasteiger partial charge < -0.3 is 4.90 Å². The van der Waals surface area contributed by atoms with Gasteiger partial charge in [0.15, 0.2) is 20.3 Å². The molecule has 1 aliphatic heterocycles. The van der Waals surface area contributed by atoms with Crippen LogP contribution < -0.4 is 0 Å². The van der Waals surface area contributed by atoms with Gasteiger partial charge in [0.05, 0.1) is 12.1 Å². The van der Waals surface area contributed by atoms with Crippen LogP contribution in [0.2, 0.25) is 0 Å². The largest absolute Gasteiger partial charge is 0.416 e. The highest BCUT2D eigenvalue weighted by Gasteiger charge is 2.56. The van der Waals surface area contributed by atoms with Crippen molar-refractivity contribution in [3.05, 3.63) is 35.4 Å². The van der Waals surface area contributed by atoms with Crippen LogP contribution in [0.25, 0.3) is 0 Å². The molecule has 1 saturated heterocycles. The van der Waals surface area contributed by atoms with Gasteiger partial charge in [-0.15, -0.1) is 0 Å². The monoisotopic (exact) mass is 393 g/mol. The third-order valence-corrected chi connectivity index (χ3v) is 7.48. The van der Waals surface area contributed by atoms with Crippen LogP contribution in [0.5, 0.6) is 0 Å². The fraction of sp³-hybridized carbons (Fsp3) is 0.588. The maximum atomic E-state index is 15.3. The highest BCUT2D eigenvalue weighted by Crippen LogP contribution is 2.44. The molecule has 0 radical (unpaired) electrons. The summed E-state index contributed by atoms with van der Waals surface area (Å²) in [7, 11) is -3.65. The smallest absolute Gasteiger partial charge is 0.338 e. The number of sulfone groups is 1. The van der Waals surface area contributed by atoms with Crippen molar-refractivity contribution >= 4 is 15.7 Å². The van der Waals surface area contributed by atoms with Gasteiger partial charge in [-0.1, -0.05) is 12.1 Å². The molecule has 0 N–H and O–H groups in total. The van der Waals surface area contributed by atoms with Crippen LogP contribution in [0.3, 0.4) is 0 Å². The minimum atomic E-state index is -4.59. The van der Waals surface area contributed by atoms with Gasteiger partial charge in [0.2, 0.25) is 5.91 Å². The lowest BCUT2D eigenvalue weighted by atomic mass is 9.83. The van der Waals surface area contributed by atoms with Gasteiger partial charge in [0, 0.05) is 19.2 Å². The van der Waals surface area contributed by atoms with Gasteiger partial charge >= 0.3 is 6.18 Å². The molecular formula is C17H19F4NO3S. The van der Waals surface area contributed by atoms with Crippen LogP contribution in [0, 0.1) is 0 Å². The van der Waals surface area contributed by atoms with Gasteiger partial charge in [-0.2, -0.15) is 13.2 Å². The molecule has 0 spiro atoms. The first-order valence-corrected chi connectivity index (χ1v) is 10.1. The second-order valence-electron chi connectivity index (χ2n) is 7.14. The molecule has 1 saturated carbocycles. The van der Waals surface area contributed by atoms with Crippen LogP contribution in [-0.4, -0.2) is 43.3 Å². The molecule has 9 heteroatoms. The van der Waals surface area contributed by atoms with E-state index in [1.54, 1.807) is 0 Å². The second kappa shape index (κ2) is 5.94. The fourth-order valence-corrected chi connectivity index (χ4v) is 5.16. The summed E-state index contributed by atoms with van der Waals surface area (Å²) in [6, 6.07) is 4.01. The van der Waals surface area contributed by atoms with Crippen molar-refractivity contribution in [2.24, 2.45) is 0 Å². The van der Waals surface area contributed by atoms with E-state index in [-0.39, 0.29) is 31.4 Å². The first kappa shape index (κ1) is 19.1. The number of likely N-dealkylation sites (tertiary alicyclic amines) is 1. The Kier molecular flexibility index (Phi) is 4.37. The van der Waals surface area contributed by atoms with Crippen LogP contribution in [0.4, 0.5) is 17.6 Å². The number of hydrogen-bond acceptors (Lipinski definition) is 3. The van der Waals surface area contributed by atoms with Gasteiger partial charge in [0.1, 0.15) is 0 Å². The highest BCUT2D eigenvalue weighted by atomic mass is 32.2. The van der Waals surface area contributed by atoms with Crippen LogP contribution in [0.1, 0.15) is 36.8 Å². The van der Waals surface area contributed by atoms with E-state index < -0.39 is 44.4 Å². The average Bonchev–Trinajstić information content (AvgIpc) is 2.87. The van der Waals surface area contributed by atoms with Crippen molar-refractivity contribution < 1.29 is 30.8 Å². The van der Waals surface area contributed by atoms with E-state index in [1.165, 1.54) is 6.07 Å². The summed E-state index contributed by atoms with van der Waals surface area (Å²) in [5.41, 5.74) is -3.23. The quantitative estimate of drug-likeness (QED) is 0.742. The highest BCUT2D eigenvalue weighted by molar-refractivity contribution is 7.93. The van der Waals surface area contributed by atoms with Gasteiger partial charge in [-0.3, -0.25) is 4.79 Å². The fourth-order valence-electron chi connectivity index (χ4n) is 3.69. The van der Waals surface area contributed by atoms with Crippen molar-refractivity contribution in [2.75, 3.05) is 19.3 Å². The molecule has 0 bridgehead atoms. The molecule has 2 aliphatic rings. The van der Waals surface area contributed by atoms with Crippen LogP contribution in [0.15, 0.2) is 24.3 Å². The zero-order valence-electron chi connectivity index (χ0n) is 14.1. The number of nitrogens with zero attached hydrogens (tertiary/aromatic N) is 1. The van der Waals surface area contributed by atoms with Crippen molar-refractivity contribution in [1.29, 1.82) is 0 Å². The Morgan fingerprint density at radius 3 is 2.35 bits per heavy atom. The average molecular weight is 393 g/mol. The molecular weight excluding hydrogens is 374 g/mol. The summed E-state index contributed by atoms with van der Waals surface area (Å²) < 4.78 is 76.5. The molecule has 1 aromatic rings. The Balaban J connectivity index is 1.85. The summed E-state index contributed by atoms with van der Waals surface area (Å²) in [5.74, 6) is -0.641. The number of benzene rings is 1. The van der Waals surface area contributed by atoms with E-state index in [9.17, 15) is 26.4 Å². The van der Waals surface area contributed by atoms with E-state index in [4.69, 9.17) is 0 Å². The van der Waals surface area contributed by atoms with Crippen molar-refractivity contribution in [3.8, 4) is 0 Å². The van der Waals surface area contributed by atoms with E-state index in [2.05, 4.69) is 0 Å². The summed E-state index contributed by atoms with van der Waals surface area (Å²) in [5, 5.41) is 0. The molecule has 1 atom stereocenters. The third-order valence-electron chi connectivity index (χ3n) is 5.47. The van der Waals surface area contributed by atoms with E-state index in [0.29, 0.717) is 6.42 Å². The zero-order chi connectivity index (χ0) is 19.4. The predicted molar refractivity (Wildman–Crippen MR) is 86.9 cm³/mol. The number of carbonyl (C=O) groups excluding carboxylic acids is 1. The maximum Gasteiger partial charge on any atom is 0.416 e. The Labute approximate surface area is 149 Å². The molecule has 4 nitrogen and oxygen atoms in total. The van der Waals surface area contributed by atoms with E-state index in [0.717, 1.165) is 29.4 Å². The van der Waals surface area contributed by atoms with Crippen molar-refractivity contribution in [2.45, 2.75) is 42.3 Å². The number of hydrogen-bond donors (Lipinski definition) is 0. The minimum absolute atomic E-state index is 0.0250. The molecule has 1 aromatic carbocycles. The molecule has 1 heterocycles. The normalized spacial score (nSPS) is 25.8. The van der Waals surface area contributed by atoms with Crippen LogP contribution >= 0.6 is 0 Å². The third kappa shape index (κ3) is 3.00. The number of amides is 1. The lowest BCUT2D eigenvalue weighted by Gasteiger charge is -2.40. The van der Waals surface area contributed by atoms with Gasteiger partial charge in [0.25, 0.3) is 0 Å². The number of alkyl halides is 4. The lowest BCUT2D eigenvalue weighted by Crippen LogP contribution is -2.57. The summed E-state index contributed by atoms with van der Waals surface area (Å²) in [4.78, 5) is 13.9. The van der Waals surface area contributed by atoms with Gasteiger partial charge in [-0.25, -0.2) is 12.8 Å². The number of halogens is 4. The summed E-state index contributed by atoms with van der Waals surface area (Å²) in [6.07, 6.45) is -2.77. The Morgan fingerprint density at radius 1 is 1.19 bits per heavy atom. The standard InChI is InChI=1S/C17H19F4NO3S/c1-26(24,25)16(6-3-7-16)14(23)22-9-8-15(18,11-22)12-4-2-5-13(10-12)17(19,20)21/h2,4-5,10H,3,6-9,11H2,1H3. The molecule has 144 valence electrons. The zero-order valence-corrected chi connectivity index (χ0v) is 15.0. The summed E-state index contributed by atoms with van der Waals surface area (Å²) >= 11 is 0. The molecule has 0 aromatic heterocycles. The SMILES string of the molecule is CS(=O)(=O)C1(C(=O)N2CCC(F)(c3cccc(C(F)(F)F)c3)C2)CCC1. The number of carbonyl (C=O) groups is 1. The topological polar surface area (TPSA) is 54.5 Å². The first-order valence-electron chi connectivity index (χ1n) is 8.25. The Morgan fingerprint density at radius 2 is 1.85 bits per heavy atom. The predicted octanol–water partition coefficient (Wildman–Crippen LogP) is 3.07. The maximum absolute atomic E-state index is 15.3. The van der Waals surface area contributed by atoms with Gasteiger partial charge in [-0.05, 0) is 37.0 Å². The summed E-state index contributed by atoms with van der Waals surface area (Å²) in [6.45, 7) is -0.465. The van der Waals surface area contributed by atoms with E-state index in [1.807, 2.05) is 0 Å². The lowest BCUT2D eigenvalue weighted by molar-refractivity contribution is -0.138. The van der Waals surface area contributed by atoms with Crippen molar-refractivity contribution in [1.82, 2.24) is 4.90 Å². The molecule has 1 aliphatic carbocycles. The molecule has 1 amide bonds.